The summed E-state index contributed by atoms with van der Waals surface area (Å²) >= 11 is 3.50. The van der Waals surface area contributed by atoms with Crippen LogP contribution in [0.4, 0.5) is 35.0 Å². The lowest BCUT2D eigenvalue weighted by atomic mass is 9.83. The van der Waals surface area contributed by atoms with Crippen molar-refractivity contribution >= 4 is 166 Å². The van der Waals surface area contributed by atoms with Gasteiger partial charge in [0.1, 0.15) is 87.6 Å². The Balaban J connectivity index is 0.983. The number of nitrogens with zero attached hydrogens (tertiary/aromatic N) is 2. The molecule has 4 aliphatic rings. The second-order valence-corrected chi connectivity index (χ2v) is 40.9. The number of esters is 1. The number of benzene rings is 2. The number of methoxy groups -OCH3 is 2. The van der Waals surface area contributed by atoms with E-state index in [1.54, 1.807) is 58.1 Å². The highest BCUT2D eigenvalue weighted by atomic mass is 35.5. The fourth-order valence-corrected chi connectivity index (χ4v) is 20.1. The van der Waals surface area contributed by atoms with E-state index >= 15 is 13.2 Å². The molecular formula is C86H125ClF3N16O31S4-. The largest absolute Gasteiger partial charge is 0.755 e. The van der Waals surface area contributed by atoms with Gasteiger partial charge in [-0.15, -0.1) is 0 Å². The van der Waals surface area contributed by atoms with Gasteiger partial charge in [0.05, 0.1) is 82.5 Å². The molecule has 788 valence electrons. The Labute approximate surface area is 826 Å². The first kappa shape index (κ1) is 119. The summed E-state index contributed by atoms with van der Waals surface area (Å²) in [5.41, 5.74) is 7.34. The average Bonchev–Trinajstić information content (AvgIpc) is 1.57. The van der Waals surface area contributed by atoms with Crippen LogP contribution in [0.2, 0.25) is 5.02 Å². The van der Waals surface area contributed by atoms with E-state index in [0.717, 1.165) is 51.3 Å². The minimum atomic E-state index is -4.99. The van der Waals surface area contributed by atoms with Crippen LogP contribution < -0.4 is 79.0 Å². The molecule has 4 bridgehead atoms. The number of carbonyl (C=O) groups excluding carboxylic acids is 11. The van der Waals surface area contributed by atoms with Gasteiger partial charge in [0, 0.05) is 100 Å². The van der Waals surface area contributed by atoms with Gasteiger partial charge in [-0.05, 0) is 90.8 Å². The van der Waals surface area contributed by atoms with Crippen molar-refractivity contribution in [2.24, 2.45) is 17.4 Å². The number of anilines is 3. The number of carbonyl (C=O) groups is 15. The number of alkyl carbamates (subject to hydrolysis) is 1. The summed E-state index contributed by atoms with van der Waals surface area (Å²) < 4.78 is 137. The molecule has 1 aliphatic carbocycles. The van der Waals surface area contributed by atoms with Gasteiger partial charge in [-0.25, -0.2) is 36.0 Å². The predicted octanol–water partition coefficient (Wildman–Crippen LogP) is 1.65. The highest BCUT2D eigenvalue weighted by molar-refractivity contribution is 8.77. The van der Waals surface area contributed by atoms with Crippen LogP contribution in [0.1, 0.15) is 163 Å². The number of sulfone groups is 1. The summed E-state index contributed by atoms with van der Waals surface area (Å²) in [4.78, 5) is 201. The van der Waals surface area contributed by atoms with E-state index < -0.39 is 308 Å². The van der Waals surface area contributed by atoms with Gasteiger partial charge in [0.15, 0.2) is 39.0 Å². The number of hydrogen-bond donors (Lipinski definition) is 19. The Hall–Kier alpha value is -11.0. The third-order valence-corrected chi connectivity index (χ3v) is 29.2. The van der Waals surface area contributed by atoms with Gasteiger partial charge in [0.2, 0.25) is 53.2 Å². The molecule has 3 heterocycles. The first-order chi connectivity index (χ1) is 66.2. The summed E-state index contributed by atoms with van der Waals surface area (Å²) in [6.07, 6.45) is -1.39. The van der Waals surface area contributed by atoms with Gasteiger partial charge in [-0.3, -0.25) is 72.5 Å². The summed E-state index contributed by atoms with van der Waals surface area (Å²) in [6.45, 7) is 7.71. The quantitative estimate of drug-likeness (QED) is 0.00654. The molecule has 141 heavy (non-hydrogen) atoms. The van der Waals surface area contributed by atoms with Crippen LogP contribution in [0.5, 0.6) is 5.75 Å². The number of fused-ring (bicyclic) bond motifs is 5. The van der Waals surface area contributed by atoms with Crippen molar-refractivity contribution in [3.05, 3.63) is 64.0 Å². The van der Waals surface area contributed by atoms with E-state index in [1.807, 2.05) is 6.92 Å². The number of likely N-dealkylation sites (N-methyl/N-ethyl adjacent to an activating group) is 1. The van der Waals surface area contributed by atoms with Crippen molar-refractivity contribution < 1.29 is 161 Å². The van der Waals surface area contributed by atoms with Crippen LogP contribution in [0.3, 0.4) is 0 Å². The number of nitrogens with one attached hydrogen (secondary N) is 12. The summed E-state index contributed by atoms with van der Waals surface area (Å²) in [6, 6.07) is -9.96. The molecular weight excluding hydrogens is 1970 g/mol. The molecule has 2 saturated heterocycles. The van der Waals surface area contributed by atoms with Crippen LogP contribution in [0, 0.1) is 28.8 Å². The lowest BCUT2D eigenvalue weighted by molar-refractivity contribution is -0.162. The third kappa shape index (κ3) is 37.1. The molecule has 15 atom stereocenters. The second kappa shape index (κ2) is 55.6. The first-order valence-corrected chi connectivity index (χ1v) is 50.2. The van der Waals surface area contributed by atoms with Gasteiger partial charge >= 0.3 is 35.9 Å². The van der Waals surface area contributed by atoms with Crippen LogP contribution in [0.15, 0.2) is 40.8 Å². The van der Waals surface area contributed by atoms with E-state index in [2.05, 4.69) is 53.2 Å². The molecule has 10 amide bonds. The molecule has 0 radical (unpaired) electrons. The topological polar surface area (TPSA) is 714 Å². The fraction of sp³-hybridized carbons (Fsp3) is 0.628. The zero-order chi connectivity index (χ0) is 105. The molecule has 6 rings (SSSR count). The number of aliphatic carboxylic acids is 4. The number of nitrogens with two attached hydrogens (primary N) is 2. The minimum absolute atomic E-state index is 0.0904. The third-order valence-electron chi connectivity index (χ3n) is 23.3. The van der Waals surface area contributed by atoms with Crippen LogP contribution >= 0.6 is 33.2 Å². The molecule has 0 spiro atoms. The van der Waals surface area contributed by atoms with Crippen molar-refractivity contribution in [1.29, 1.82) is 5.41 Å². The maximum absolute atomic E-state index is 15.8. The van der Waals surface area contributed by atoms with Gasteiger partial charge < -0.3 is 137 Å². The predicted molar refractivity (Wildman–Crippen MR) is 503 cm³/mol. The van der Waals surface area contributed by atoms with Gasteiger partial charge in [-0.2, -0.15) is 0 Å². The lowest BCUT2D eigenvalue weighted by Gasteiger charge is -2.42. The number of epoxide rings is 1. The number of allylic oxidation sites excluding steroid dienone is 3. The van der Waals surface area contributed by atoms with Crippen molar-refractivity contribution in [2.75, 3.05) is 101 Å². The highest BCUT2D eigenvalue weighted by Crippen LogP contribution is 2.50. The number of ether oxygens (including phenoxy) is 7. The Morgan fingerprint density at radius 2 is 1.38 bits per heavy atom. The van der Waals surface area contributed by atoms with Crippen LogP contribution in [-0.4, -0.2) is 317 Å². The molecule has 3 fully saturated rings. The summed E-state index contributed by atoms with van der Waals surface area (Å²) in [7, 11) is 2.62. The molecule has 1 saturated carbocycles. The highest BCUT2D eigenvalue weighted by Gasteiger charge is 2.65. The molecule has 47 nitrogen and oxygen atoms in total. The Kier molecular flexibility index (Phi) is 46.8. The number of carboxylic acids is 4. The van der Waals surface area contributed by atoms with Gasteiger partial charge in [0.25, 0.3) is 0 Å². The number of aliphatic hydroxyl groups is 1. The van der Waals surface area contributed by atoms with Gasteiger partial charge in [-0.1, -0.05) is 96.0 Å². The van der Waals surface area contributed by atoms with E-state index in [1.165, 1.54) is 44.9 Å². The van der Waals surface area contributed by atoms with E-state index in [9.17, 15) is 115 Å². The number of guanidine groups is 1. The van der Waals surface area contributed by atoms with E-state index in [4.69, 9.17) is 61.6 Å². The summed E-state index contributed by atoms with van der Waals surface area (Å²) in [5, 5.41) is 82.1. The number of carboxylic acid groups (broad SMARTS) is 4. The fourth-order valence-electron chi connectivity index (χ4n) is 15.2. The minimum Gasteiger partial charge on any atom is -0.755 e. The molecule has 3 aliphatic heterocycles. The molecule has 0 aromatic heterocycles. The molecule has 2 aromatic carbocycles. The van der Waals surface area contributed by atoms with E-state index in [-0.39, 0.29) is 81.7 Å². The smallest absolute Gasteiger partial charge is 0.409 e. The van der Waals surface area contributed by atoms with Crippen LogP contribution in [0.25, 0.3) is 0 Å². The molecule has 21 N–H and O–H groups in total. The van der Waals surface area contributed by atoms with Crippen molar-refractivity contribution in [3.63, 3.8) is 0 Å². The first-order valence-electron chi connectivity index (χ1n) is 44.8. The second-order valence-electron chi connectivity index (χ2n) is 34.8. The molecule has 2 aromatic rings. The van der Waals surface area contributed by atoms with Crippen molar-refractivity contribution in [1.82, 2.24) is 52.8 Å². The monoisotopic (exact) mass is 2100 g/mol. The Bertz CT molecular complexity index is 5050. The Morgan fingerprint density at radius 1 is 0.787 bits per heavy atom. The number of hydrogen-bond acceptors (Lipinski definition) is 32. The SMILES string of the molecule is COc1cc2cc(c1Cl)N(C)C(=O)CC(OC(=O)C(C)N(C)C(=O)CCC(C)(C)SSC[C@H](NC(=O)[C@H](CC(=O)O)NC(=O)[C@@H](N)CNC(=O)C(CC(=O)O)NC(=O)C(CCCNC(=N)N)NC(=O)C(CC(=O)O)NC(=O)CCOCCOCCNC(=O)CCS(=O)(=O)c1c(F)c(F)c(NS(=O)[O-])c(F)c1NC1CCCCCCC1)C(=O)O)C1(C)OC1C(C)C1CC(O)(NC(=O)O1)C(OC)/C=C/C=C(/C)C2. The maximum Gasteiger partial charge on any atom is 0.409 e. The van der Waals surface area contributed by atoms with Crippen molar-refractivity contribution in [3.8, 4) is 5.75 Å². The Morgan fingerprint density at radius 3 is 1.98 bits per heavy atom. The summed E-state index contributed by atoms with van der Waals surface area (Å²) in [5.74, 6) is -25.6. The van der Waals surface area contributed by atoms with Crippen molar-refractivity contribution in [2.45, 2.75) is 257 Å². The number of rotatable bonds is 52. The maximum atomic E-state index is 15.8. The molecule has 12 unspecified atom stereocenters. The zero-order valence-electron chi connectivity index (χ0n) is 79.2. The standard InChI is InChI=1S/C86H126ClF3N16O31S4/c1-44-18-16-22-58(132-10)86(126)41-57(135-83(125)103-86)45(2)74-85(6,137-74)59(40-63(110)106(8)55-35-47(34-44)36-56(131-9)67(55)87)136-81(124)46(3)105(7)62(109)23-26-84(4,5)139-138-43-54(80(122)123)102-79(121)53(39-66(115)116)100-75(117)49(91)42-96-76(118)51(37-64(111)112)101-77(119)50(21-17-27-95-82(92)93)99-78(120)52(38-65(113)114)98-61(108)24-29-133-31-32-134-30-28-94-60(107)25-33-141(129,130)73-69(89)68(88)71(104-140(127)128)70(90)72(73)97-48-19-14-12-11-13-15-20-48/h16,18,22,35-36,45-46,48-54,57-59,74,97,104,126H,11-15,17,19-21,23-34,37-43,91H2,1-10H3,(H,94,107)(H,96,118)(H,98,108)(H,99,120)(H,100,117)(H,101,119)(H,102,121)(H,103,125)(H,111,112)(H,113,114)(H,115,116)(H,122,123)(H,127,128)(H4,92,93,95)/p-1/b22-16+,44-18-/t45?,46?,49-,50?,51?,52?,53-,54-,57?,58?,59?,74?,85?,86?/m0/s1. The normalized spacial score (nSPS) is 21.4. The lowest BCUT2D eigenvalue weighted by Crippen LogP contribution is -2.63. The van der Waals surface area contributed by atoms with Crippen LogP contribution in [-0.2, 0) is 123 Å². The molecule has 55 heteroatoms. The average molecular weight is 2100 g/mol. The number of halogens is 4. The zero-order valence-corrected chi connectivity index (χ0v) is 83.3. The number of amides is 10. The van der Waals surface area contributed by atoms with E-state index in [0.29, 0.717) is 37.7 Å².